The van der Waals surface area contributed by atoms with Crippen LogP contribution < -0.4 is 14.8 Å². The SMILES string of the molecule is CNC(CO)c1cc(Cl)c2c(c1)OCO2. The summed E-state index contributed by atoms with van der Waals surface area (Å²) in [5, 5.41) is 12.6. The number of ether oxygens (including phenoxy) is 2. The Bertz CT molecular complexity index is 366. The van der Waals surface area contributed by atoms with Crippen molar-refractivity contribution >= 4 is 11.6 Å². The lowest BCUT2D eigenvalue weighted by atomic mass is 10.1. The van der Waals surface area contributed by atoms with Crippen molar-refractivity contribution in [1.82, 2.24) is 5.32 Å². The molecule has 0 saturated carbocycles. The van der Waals surface area contributed by atoms with Crippen LogP contribution in [0.15, 0.2) is 12.1 Å². The molecule has 15 heavy (non-hydrogen) atoms. The number of fused-ring (bicyclic) bond motifs is 1. The first kappa shape index (κ1) is 10.5. The molecule has 1 aromatic rings. The molecule has 2 rings (SSSR count). The van der Waals surface area contributed by atoms with Gasteiger partial charge >= 0.3 is 0 Å². The highest BCUT2D eigenvalue weighted by molar-refractivity contribution is 6.32. The summed E-state index contributed by atoms with van der Waals surface area (Å²) in [6.07, 6.45) is 0. The van der Waals surface area contributed by atoms with Crippen LogP contribution in [0.4, 0.5) is 0 Å². The Hall–Kier alpha value is -0.970. The van der Waals surface area contributed by atoms with Gasteiger partial charge in [-0.05, 0) is 24.7 Å². The molecule has 1 aliphatic heterocycles. The smallest absolute Gasteiger partial charge is 0.231 e. The normalized spacial score (nSPS) is 15.4. The van der Waals surface area contributed by atoms with Crippen molar-refractivity contribution in [3.63, 3.8) is 0 Å². The van der Waals surface area contributed by atoms with Crippen molar-refractivity contribution in [3.05, 3.63) is 22.7 Å². The summed E-state index contributed by atoms with van der Waals surface area (Å²) in [4.78, 5) is 0. The van der Waals surface area contributed by atoms with Crippen LogP contribution in [-0.2, 0) is 0 Å². The van der Waals surface area contributed by atoms with Gasteiger partial charge in [-0.1, -0.05) is 11.6 Å². The van der Waals surface area contributed by atoms with Crippen LogP contribution in [0.5, 0.6) is 11.5 Å². The maximum absolute atomic E-state index is 9.14. The van der Waals surface area contributed by atoms with E-state index in [0.29, 0.717) is 16.5 Å². The molecule has 0 radical (unpaired) electrons. The van der Waals surface area contributed by atoms with Crippen LogP contribution in [0.25, 0.3) is 0 Å². The van der Waals surface area contributed by atoms with Crippen LogP contribution in [0.2, 0.25) is 5.02 Å². The van der Waals surface area contributed by atoms with Crippen LogP contribution in [0.1, 0.15) is 11.6 Å². The molecule has 0 aliphatic carbocycles. The number of halogens is 1. The molecule has 1 aromatic carbocycles. The first-order valence-electron chi connectivity index (χ1n) is 4.63. The largest absolute Gasteiger partial charge is 0.454 e. The van der Waals surface area contributed by atoms with Crippen molar-refractivity contribution in [1.29, 1.82) is 0 Å². The third-order valence-corrected chi connectivity index (χ3v) is 2.66. The van der Waals surface area contributed by atoms with E-state index in [0.717, 1.165) is 5.56 Å². The van der Waals surface area contributed by atoms with E-state index in [9.17, 15) is 0 Å². The van der Waals surface area contributed by atoms with E-state index < -0.39 is 0 Å². The number of hydrogen-bond acceptors (Lipinski definition) is 4. The summed E-state index contributed by atoms with van der Waals surface area (Å²) in [6, 6.07) is 3.45. The van der Waals surface area contributed by atoms with Gasteiger partial charge in [-0.2, -0.15) is 0 Å². The molecule has 0 amide bonds. The quantitative estimate of drug-likeness (QED) is 0.821. The van der Waals surface area contributed by atoms with Gasteiger partial charge in [0.15, 0.2) is 11.5 Å². The minimum Gasteiger partial charge on any atom is -0.454 e. The fourth-order valence-electron chi connectivity index (χ4n) is 1.55. The van der Waals surface area contributed by atoms with E-state index in [4.69, 9.17) is 26.2 Å². The second kappa shape index (κ2) is 4.26. The summed E-state index contributed by atoms with van der Waals surface area (Å²) in [7, 11) is 1.78. The third kappa shape index (κ3) is 1.88. The molecule has 0 fully saturated rings. The zero-order valence-electron chi connectivity index (χ0n) is 8.29. The number of hydrogen-bond donors (Lipinski definition) is 2. The molecule has 0 bridgehead atoms. The summed E-state index contributed by atoms with van der Waals surface area (Å²) in [6.45, 7) is 0.203. The number of aliphatic hydroxyl groups excluding tert-OH is 1. The second-order valence-corrected chi connectivity index (χ2v) is 3.67. The molecule has 5 heteroatoms. The molecule has 0 aromatic heterocycles. The van der Waals surface area contributed by atoms with Crippen LogP contribution in [-0.4, -0.2) is 25.6 Å². The zero-order chi connectivity index (χ0) is 10.8. The average molecular weight is 230 g/mol. The molecule has 82 valence electrons. The van der Waals surface area contributed by atoms with E-state index in [1.807, 2.05) is 6.07 Å². The van der Waals surface area contributed by atoms with E-state index in [2.05, 4.69) is 5.32 Å². The van der Waals surface area contributed by atoms with Crippen molar-refractivity contribution < 1.29 is 14.6 Å². The first-order chi connectivity index (χ1) is 7.26. The molecule has 1 heterocycles. The van der Waals surface area contributed by atoms with Crippen LogP contribution in [0, 0.1) is 0 Å². The zero-order valence-corrected chi connectivity index (χ0v) is 9.04. The Morgan fingerprint density at radius 1 is 1.53 bits per heavy atom. The monoisotopic (exact) mass is 229 g/mol. The predicted molar refractivity (Wildman–Crippen MR) is 56.5 cm³/mol. The minimum atomic E-state index is -0.142. The third-order valence-electron chi connectivity index (χ3n) is 2.38. The lowest BCUT2D eigenvalue weighted by Gasteiger charge is -2.14. The van der Waals surface area contributed by atoms with Gasteiger partial charge in [-0.15, -0.1) is 0 Å². The Morgan fingerprint density at radius 2 is 2.33 bits per heavy atom. The number of likely N-dealkylation sites (N-methyl/N-ethyl adjacent to an activating group) is 1. The molecule has 4 nitrogen and oxygen atoms in total. The van der Waals surface area contributed by atoms with E-state index in [1.165, 1.54) is 0 Å². The molecule has 0 spiro atoms. The van der Waals surface area contributed by atoms with Gasteiger partial charge in [0.2, 0.25) is 6.79 Å². The topological polar surface area (TPSA) is 50.7 Å². The fourth-order valence-corrected chi connectivity index (χ4v) is 1.83. The van der Waals surface area contributed by atoms with E-state index in [-0.39, 0.29) is 19.4 Å². The van der Waals surface area contributed by atoms with Gasteiger partial charge in [-0.25, -0.2) is 0 Å². The Labute approximate surface area is 92.8 Å². The number of nitrogens with one attached hydrogen (secondary N) is 1. The molecule has 0 saturated heterocycles. The Morgan fingerprint density at radius 3 is 3.00 bits per heavy atom. The average Bonchev–Trinajstić information content (AvgIpc) is 2.68. The van der Waals surface area contributed by atoms with Crippen molar-refractivity contribution in [2.45, 2.75) is 6.04 Å². The lowest BCUT2D eigenvalue weighted by molar-refractivity contribution is 0.174. The maximum atomic E-state index is 9.14. The van der Waals surface area contributed by atoms with Crippen molar-refractivity contribution in [3.8, 4) is 11.5 Å². The summed E-state index contributed by atoms with van der Waals surface area (Å²) >= 11 is 6.02. The fraction of sp³-hybridized carbons (Fsp3) is 0.400. The van der Waals surface area contributed by atoms with Gasteiger partial charge < -0.3 is 19.9 Å². The minimum absolute atomic E-state index is 0.00642. The molecule has 1 aliphatic rings. The van der Waals surface area contributed by atoms with Gasteiger partial charge in [0.05, 0.1) is 17.7 Å². The second-order valence-electron chi connectivity index (χ2n) is 3.26. The highest BCUT2D eigenvalue weighted by atomic mass is 35.5. The van der Waals surface area contributed by atoms with Gasteiger partial charge in [-0.3, -0.25) is 0 Å². The van der Waals surface area contributed by atoms with Crippen molar-refractivity contribution in [2.24, 2.45) is 0 Å². The van der Waals surface area contributed by atoms with E-state index in [1.54, 1.807) is 13.1 Å². The summed E-state index contributed by atoms with van der Waals surface area (Å²) in [5.41, 5.74) is 0.884. The van der Waals surface area contributed by atoms with Gasteiger partial charge in [0, 0.05) is 0 Å². The van der Waals surface area contributed by atoms with Crippen LogP contribution >= 0.6 is 11.6 Å². The molecule has 1 unspecified atom stereocenters. The number of aliphatic hydroxyl groups is 1. The summed E-state index contributed by atoms with van der Waals surface area (Å²) in [5.74, 6) is 1.21. The first-order valence-corrected chi connectivity index (χ1v) is 5.01. The molecule has 2 N–H and O–H groups in total. The molecular weight excluding hydrogens is 218 g/mol. The standard InChI is InChI=1S/C10H12ClNO3/c1-12-8(4-13)6-2-7(11)10-9(3-6)14-5-15-10/h2-3,8,12-13H,4-5H2,1H3. The molecule has 1 atom stereocenters. The molecular formula is C10H12ClNO3. The van der Waals surface area contributed by atoms with Crippen LogP contribution in [0.3, 0.4) is 0 Å². The summed E-state index contributed by atoms with van der Waals surface area (Å²) < 4.78 is 10.4. The maximum Gasteiger partial charge on any atom is 0.231 e. The Balaban J connectivity index is 2.38. The Kier molecular flexibility index (Phi) is 3.00. The highest BCUT2D eigenvalue weighted by Crippen LogP contribution is 2.40. The van der Waals surface area contributed by atoms with Gasteiger partial charge in [0.25, 0.3) is 0 Å². The number of rotatable bonds is 3. The highest BCUT2D eigenvalue weighted by Gasteiger charge is 2.20. The predicted octanol–water partition coefficient (Wildman–Crippen LogP) is 1.32. The van der Waals surface area contributed by atoms with Gasteiger partial charge in [0.1, 0.15) is 0 Å². The number of benzene rings is 1. The lowest BCUT2D eigenvalue weighted by Crippen LogP contribution is -2.19. The van der Waals surface area contributed by atoms with E-state index >= 15 is 0 Å². The van der Waals surface area contributed by atoms with Crippen molar-refractivity contribution in [2.75, 3.05) is 20.4 Å².